The first-order valence-corrected chi connectivity index (χ1v) is 6.62. The highest BCUT2D eigenvalue weighted by Crippen LogP contribution is 2.09. The van der Waals surface area contributed by atoms with Crippen LogP contribution in [0.4, 0.5) is 0 Å². The smallest absolute Gasteiger partial charge is 0.159 e. The van der Waals surface area contributed by atoms with Gasteiger partial charge in [-0.3, -0.25) is 0 Å². The Morgan fingerprint density at radius 2 is 2.20 bits per heavy atom. The van der Waals surface area contributed by atoms with Crippen molar-refractivity contribution in [3.63, 3.8) is 0 Å². The van der Waals surface area contributed by atoms with Gasteiger partial charge in [0.25, 0.3) is 0 Å². The molecule has 6 nitrogen and oxygen atoms in total. The Bertz CT molecular complexity index is 339. The average Bonchev–Trinajstić information content (AvgIpc) is 2.34. The zero-order valence-corrected chi connectivity index (χ0v) is 9.24. The fourth-order valence-corrected chi connectivity index (χ4v) is 3.54. The number of aliphatic hydroxyl groups excluding tert-OH is 1. The second-order valence-electron chi connectivity index (χ2n) is 3.83. The first-order chi connectivity index (χ1) is 6.85. The van der Waals surface area contributed by atoms with Crippen molar-refractivity contribution in [1.29, 1.82) is 0 Å². The molecule has 1 saturated heterocycles. The molecule has 0 unspecified atom stereocenters. The van der Waals surface area contributed by atoms with E-state index in [2.05, 4.69) is 0 Å². The highest BCUT2D eigenvalue weighted by molar-refractivity contribution is 7.91. The summed E-state index contributed by atoms with van der Waals surface area (Å²) in [5.41, 5.74) is 0. The summed E-state index contributed by atoms with van der Waals surface area (Å²) >= 11 is 0. The van der Waals surface area contributed by atoms with E-state index in [-0.39, 0.29) is 11.5 Å². The Labute approximate surface area is 88.2 Å². The number of aliphatic hydroxyl groups is 1. The summed E-state index contributed by atoms with van der Waals surface area (Å²) in [6.07, 6.45) is -0.644. The molecule has 1 fully saturated rings. The molecule has 0 aromatic heterocycles. The van der Waals surface area contributed by atoms with Crippen molar-refractivity contribution < 1.29 is 28.7 Å². The van der Waals surface area contributed by atoms with Crippen molar-refractivity contribution >= 4 is 15.8 Å². The largest absolute Gasteiger partial charge is 0.544 e. The van der Waals surface area contributed by atoms with Crippen LogP contribution in [0.15, 0.2) is 0 Å². The molecule has 0 amide bonds. The monoisotopic (exact) mass is 237 g/mol. The molecule has 88 valence electrons. The number of hydrogen-bond donors (Lipinski definition) is 2. The topological polar surface area (TPSA) is 111 Å². The number of aliphatic carboxylic acids is 1. The Hall–Kier alpha value is -0.660. The molecule has 0 aliphatic carbocycles. The molecule has 0 aromatic carbocycles. The fraction of sp³-hybridized carbons (Fsp3) is 0.875. The van der Waals surface area contributed by atoms with E-state index in [1.807, 2.05) is 0 Å². The highest BCUT2D eigenvalue weighted by atomic mass is 32.2. The maximum Gasteiger partial charge on any atom is 0.159 e. The van der Waals surface area contributed by atoms with E-state index < -0.39 is 34.0 Å². The van der Waals surface area contributed by atoms with Crippen LogP contribution in [0.1, 0.15) is 13.3 Å². The van der Waals surface area contributed by atoms with Gasteiger partial charge in [-0.25, -0.2) is 8.42 Å². The lowest BCUT2D eigenvalue weighted by Gasteiger charge is -2.20. The second kappa shape index (κ2) is 4.46. The molecule has 3 N–H and O–H groups in total. The second-order valence-corrected chi connectivity index (χ2v) is 5.99. The number of carbonyl (C=O) groups is 1. The lowest BCUT2D eigenvalue weighted by Crippen LogP contribution is -2.99. The summed E-state index contributed by atoms with van der Waals surface area (Å²) in [5.74, 6) is -1.68. The summed E-state index contributed by atoms with van der Waals surface area (Å²) in [7, 11) is -3.22. The van der Waals surface area contributed by atoms with Crippen molar-refractivity contribution in [2.75, 3.05) is 11.5 Å². The van der Waals surface area contributed by atoms with Crippen LogP contribution in [0.3, 0.4) is 0 Å². The Kier molecular flexibility index (Phi) is 3.69. The van der Waals surface area contributed by atoms with Crippen LogP contribution in [0.5, 0.6) is 0 Å². The molecule has 0 bridgehead atoms. The lowest BCUT2D eigenvalue weighted by atomic mass is 10.1. The molecule has 1 rings (SSSR count). The molecule has 1 aliphatic rings. The van der Waals surface area contributed by atoms with Gasteiger partial charge in [0.15, 0.2) is 9.84 Å². The number of nitrogens with two attached hydrogens (primary N) is 1. The minimum absolute atomic E-state index is 0.169. The molecule has 15 heavy (non-hydrogen) atoms. The van der Waals surface area contributed by atoms with Crippen molar-refractivity contribution in [2.24, 2.45) is 0 Å². The summed E-state index contributed by atoms with van der Waals surface area (Å²) < 4.78 is 22.3. The number of carbonyl (C=O) groups excluding carboxylic acids is 1. The molecule has 3 atom stereocenters. The quantitative estimate of drug-likeness (QED) is 0.521. The molecule has 0 aromatic rings. The fourth-order valence-electron chi connectivity index (χ4n) is 1.72. The highest BCUT2D eigenvalue weighted by Gasteiger charge is 2.40. The first kappa shape index (κ1) is 12.4. The van der Waals surface area contributed by atoms with E-state index in [9.17, 15) is 23.4 Å². The molecule has 0 radical (unpaired) electrons. The molecular weight excluding hydrogens is 222 g/mol. The number of carboxylic acids is 1. The van der Waals surface area contributed by atoms with Gasteiger partial charge in [-0.15, -0.1) is 0 Å². The van der Waals surface area contributed by atoms with E-state index in [1.54, 1.807) is 6.92 Å². The molecular formula is C8H15NO5S. The van der Waals surface area contributed by atoms with Crippen LogP contribution < -0.4 is 10.4 Å². The van der Waals surface area contributed by atoms with Gasteiger partial charge < -0.3 is 20.3 Å². The number of hydrogen-bond acceptors (Lipinski definition) is 5. The van der Waals surface area contributed by atoms with Crippen molar-refractivity contribution in [2.45, 2.75) is 31.5 Å². The van der Waals surface area contributed by atoms with Gasteiger partial charge in [-0.1, -0.05) is 6.92 Å². The SMILES string of the molecule is CC[C@H]([NH2+][C@@H]1CS(=O)(=O)C[C@H]1O)C(=O)[O-]. The summed E-state index contributed by atoms with van der Waals surface area (Å²) in [4.78, 5) is 10.6. The van der Waals surface area contributed by atoms with Crippen LogP contribution in [0.2, 0.25) is 0 Å². The van der Waals surface area contributed by atoms with Crippen LogP contribution in [-0.4, -0.2) is 49.2 Å². The molecule has 0 spiro atoms. The average molecular weight is 237 g/mol. The summed E-state index contributed by atoms with van der Waals surface area (Å²) in [5, 5.41) is 21.4. The van der Waals surface area contributed by atoms with Gasteiger partial charge in [0, 0.05) is 6.42 Å². The van der Waals surface area contributed by atoms with E-state index in [1.165, 1.54) is 5.32 Å². The van der Waals surface area contributed by atoms with E-state index >= 15 is 0 Å². The van der Waals surface area contributed by atoms with Crippen LogP contribution in [-0.2, 0) is 14.6 Å². The van der Waals surface area contributed by atoms with Crippen LogP contribution >= 0.6 is 0 Å². The zero-order chi connectivity index (χ0) is 11.6. The molecule has 1 aliphatic heterocycles. The molecule has 0 saturated carbocycles. The third kappa shape index (κ3) is 3.15. The van der Waals surface area contributed by atoms with Gasteiger partial charge in [-0.05, 0) is 0 Å². The maximum atomic E-state index is 11.1. The van der Waals surface area contributed by atoms with Gasteiger partial charge in [0.2, 0.25) is 0 Å². The van der Waals surface area contributed by atoms with Gasteiger partial charge in [0.05, 0.1) is 11.7 Å². The van der Waals surface area contributed by atoms with E-state index in [0.29, 0.717) is 6.42 Å². The normalized spacial score (nSPS) is 31.3. The van der Waals surface area contributed by atoms with Crippen molar-refractivity contribution in [3.05, 3.63) is 0 Å². The Balaban J connectivity index is 2.63. The number of quaternary nitrogens is 1. The van der Waals surface area contributed by atoms with Crippen molar-refractivity contribution in [3.8, 4) is 0 Å². The Morgan fingerprint density at radius 3 is 2.53 bits per heavy atom. The van der Waals surface area contributed by atoms with Gasteiger partial charge >= 0.3 is 0 Å². The summed E-state index contributed by atoms with van der Waals surface area (Å²) in [6.45, 7) is 1.67. The number of carboxylic acid groups (broad SMARTS) is 1. The standard InChI is InChI=1S/C8H15NO5S/c1-2-5(8(11)12)9-6-3-15(13,14)4-7(6)10/h5-7,9-10H,2-4H2,1H3,(H,11,12)/t5-,6+,7+/m0/s1. The minimum atomic E-state index is -3.22. The van der Waals surface area contributed by atoms with E-state index in [0.717, 1.165) is 0 Å². The number of rotatable bonds is 4. The molecule has 1 heterocycles. The first-order valence-electron chi connectivity index (χ1n) is 4.80. The maximum absolute atomic E-state index is 11.1. The predicted molar refractivity (Wildman–Crippen MR) is 49.5 cm³/mol. The minimum Gasteiger partial charge on any atom is -0.544 e. The van der Waals surface area contributed by atoms with E-state index in [4.69, 9.17) is 0 Å². The third-order valence-corrected chi connectivity index (χ3v) is 4.33. The van der Waals surface area contributed by atoms with Crippen molar-refractivity contribution in [1.82, 2.24) is 0 Å². The third-order valence-electron chi connectivity index (χ3n) is 2.59. The van der Waals surface area contributed by atoms with Crippen LogP contribution in [0, 0.1) is 0 Å². The van der Waals surface area contributed by atoms with Crippen LogP contribution in [0.25, 0.3) is 0 Å². The van der Waals surface area contributed by atoms with Gasteiger partial charge in [0.1, 0.15) is 23.9 Å². The lowest BCUT2D eigenvalue weighted by molar-refractivity contribution is -0.716. The molecule has 7 heteroatoms. The zero-order valence-electron chi connectivity index (χ0n) is 8.42. The Morgan fingerprint density at radius 1 is 1.60 bits per heavy atom. The van der Waals surface area contributed by atoms with Gasteiger partial charge in [-0.2, -0.15) is 0 Å². The summed E-state index contributed by atoms with van der Waals surface area (Å²) in [6, 6.07) is -1.38. The number of sulfone groups is 1. The predicted octanol–water partition coefficient (Wildman–Crippen LogP) is -3.76.